The van der Waals surface area contributed by atoms with Crippen molar-refractivity contribution in [3.05, 3.63) is 73.6 Å². The number of rotatable bonds is 6. The molecule has 1 atom stereocenters. The Kier molecular flexibility index (Phi) is 7.12. The molecule has 3 heterocycles. The van der Waals surface area contributed by atoms with Gasteiger partial charge in [0, 0.05) is 22.0 Å². The van der Waals surface area contributed by atoms with Crippen LogP contribution in [0.3, 0.4) is 0 Å². The quantitative estimate of drug-likeness (QED) is 0.421. The average molecular weight is 503 g/mol. The van der Waals surface area contributed by atoms with Gasteiger partial charge < -0.3 is 14.5 Å². The molecule has 0 radical (unpaired) electrons. The van der Waals surface area contributed by atoms with Crippen LogP contribution in [0.4, 0.5) is 0 Å². The molecule has 0 aliphatic carbocycles. The minimum atomic E-state index is -0.491. The highest BCUT2D eigenvalue weighted by Gasteiger charge is 2.36. The first-order valence-electron chi connectivity index (χ1n) is 10.8. The van der Waals surface area contributed by atoms with Crippen molar-refractivity contribution in [3.8, 4) is 5.75 Å². The summed E-state index contributed by atoms with van der Waals surface area (Å²) in [5, 5.41) is 4.59. The van der Waals surface area contributed by atoms with Gasteiger partial charge in [0.2, 0.25) is 5.91 Å². The molecule has 4 rings (SSSR count). The molecule has 3 aromatic rings. The molecule has 0 saturated heterocycles. The van der Waals surface area contributed by atoms with Crippen molar-refractivity contribution >= 4 is 46.1 Å². The maximum absolute atomic E-state index is 13.6. The van der Waals surface area contributed by atoms with Gasteiger partial charge in [-0.1, -0.05) is 17.7 Å². The Hall–Kier alpha value is -2.35. The lowest BCUT2D eigenvalue weighted by Crippen LogP contribution is -2.53. The van der Waals surface area contributed by atoms with Crippen molar-refractivity contribution < 1.29 is 14.3 Å². The summed E-state index contributed by atoms with van der Waals surface area (Å²) in [6.07, 6.45) is 0.810. The van der Waals surface area contributed by atoms with Crippen molar-refractivity contribution in [2.45, 2.75) is 38.8 Å². The summed E-state index contributed by atoms with van der Waals surface area (Å²) in [6, 6.07) is 12.8. The lowest BCUT2D eigenvalue weighted by molar-refractivity contribution is -0.136. The van der Waals surface area contributed by atoms with Crippen LogP contribution in [0, 0.1) is 0 Å². The van der Waals surface area contributed by atoms with Gasteiger partial charge in [-0.25, -0.2) is 0 Å². The molecule has 0 unspecified atom stereocenters. The van der Waals surface area contributed by atoms with Crippen LogP contribution in [0.25, 0.3) is 0 Å². The van der Waals surface area contributed by atoms with E-state index in [-0.39, 0.29) is 24.4 Å². The number of halogens is 1. The van der Waals surface area contributed by atoms with E-state index in [1.807, 2.05) is 49.3 Å². The van der Waals surface area contributed by atoms with E-state index in [0.29, 0.717) is 28.8 Å². The zero-order valence-corrected chi connectivity index (χ0v) is 21.3. The number of benzene rings is 1. The first kappa shape index (κ1) is 23.8. The molecule has 0 spiro atoms. The minimum Gasteiger partial charge on any atom is -0.491 e. The molecule has 0 fully saturated rings. The first-order valence-corrected chi connectivity index (χ1v) is 13.0. The normalized spacial score (nSPS) is 15.8. The maximum Gasteiger partial charge on any atom is 0.264 e. The molecular formula is C25H27ClN2O3S2. The number of carbonyl (C=O) groups is 2. The van der Waals surface area contributed by atoms with Gasteiger partial charge in [-0.3, -0.25) is 9.59 Å². The highest BCUT2D eigenvalue weighted by atomic mass is 35.5. The molecule has 2 amide bonds. The molecule has 0 bridgehead atoms. The van der Waals surface area contributed by atoms with E-state index < -0.39 is 5.54 Å². The fraction of sp³-hybridized carbons (Fsp3) is 0.360. The van der Waals surface area contributed by atoms with Gasteiger partial charge in [0.25, 0.3) is 5.91 Å². The summed E-state index contributed by atoms with van der Waals surface area (Å²) in [6.45, 7) is 6.84. The van der Waals surface area contributed by atoms with Crippen LogP contribution in [0.15, 0.2) is 53.2 Å². The number of ether oxygens (including phenoxy) is 1. The lowest BCUT2D eigenvalue weighted by Gasteiger charge is -2.40. The Morgan fingerprint density at radius 2 is 1.88 bits per heavy atom. The van der Waals surface area contributed by atoms with E-state index in [1.165, 1.54) is 16.2 Å². The van der Waals surface area contributed by atoms with Crippen molar-refractivity contribution in [2.24, 2.45) is 0 Å². The van der Waals surface area contributed by atoms with Crippen LogP contribution in [0.1, 0.15) is 46.9 Å². The summed E-state index contributed by atoms with van der Waals surface area (Å²) in [4.78, 5) is 32.2. The molecule has 8 heteroatoms. The number of thiophene rings is 2. The second-order valence-electron chi connectivity index (χ2n) is 8.96. The Bertz CT molecular complexity index is 1100. The number of hydrogen-bond donors (Lipinski definition) is 0. The first-order chi connectivity index (χ1) is 15.7. The lowest BCUT2D eigenvalue weighted by atomic mass is 9.99. The van der Waals surface area contributed by atoms with Crippen LogP contribution in [0.5, 0.6) is 5.75 Å². The number of fused-ring (bicyclic) bond motifs is 1. The van der Waals surface area contributed by atoms with E-state index in [1.54, 1.807) is 34.4 Å². The number of nitrogens with zero attached hydrogens (tertiary/aromatic N) is 2. The van der Waals surface area contributed by atoms with Gasteiger partial charge in [0.1, 0.15) is 18.9 Å². The van der Waals surface area contributed by atoms with Crippen molar-refractivity contribution in [2.75, 3.05) is 19.7 Å². The Labute approximate surface area is 207 Å². The van der Waals surface area contributed by atoms with Gasteiger partial charge in [0.15, 0.2) is 0 Å². The third-order valence-corrected chi connectivity index (χ3v) is 7.82. The molecule has 33 heavy (non-hydrogen) atoms. The van der Waals surface area contributed by atoms with Crippen molar-refractivity contribution in [1.29, 1.82) is 0 Å². The SMILES string of the molecule is CC(C)(C)N(CC(=O)N1CCc2sccc2[C@@H]1COc1ccc(Cl)cc1)C(=O)c1cccs1. The predicted molar refractivity (Wildman–Crippen MR) is 135 cm³/mol. The average Bonchev–Trinajstić information content (AvgIpc) is 3.47. The molecule has 174 valence electrons. The Balaban J connectivity index is 1.54. The monoisotopic (exact) mass is 502 g/mol. The van der Waals surface area contributed by atoms with E-state index in [2.05, 4.69) is 11.4 Å². The van der Waals surface area contributed by atoms with Gasteiger partial charge in [-0.05, 0) is 79.9 Å². The smallest absolute Gasteiger partial charge is 0.264 e. The second-order valence-corrected chi connectivity index (χ2v) is 11.3. The van der Waals surface area contributed by atoms with E-state index in [0.717, 1.165) is 12.0 Å². The summed E-state index contributed by atoms with van der Waals surface area (Å²) < 4.78 is 6.06. The third kappa shape index (κ3) is 5.42. The molecule has 0 N–H and O–H groups in total. The molecule has 5 nitrogen and oxygen atoms in total. The zero-order chi connectivity index (χ0) is 23.6. The van der Waals surface area contributed by atoms with E-state index in [9.17, 15) is 9.59 Å². The number of amides is 2. The predicted octanol–water partition coefficient (Wildman–Crippen LogP) is 5.91. The van der Waals surface area contributed by atoms with Crippen LogP contribution in [0.2, 0.25) is 5.02 Å². The van der Waals surface area contributed by atoms with Gasteiger partial charge >= 0.3 is 0 Å². The number of hydrogen-bond acceptors (Lipinski definition) is 5. The van der Waals surface area contributed by atoms with E-state index >= 15 is 0 Å². The molecule has 2 aromatic heterocycles. The summed E-state index contributed by atoms with van der Waals surface area (Å²) in [5.74, 6) is 0.516. The summed E-state index contributed by atoms with van der Waals surface area (Å²) >= 11 is 9.09. The highest BCUT2D eigenvalue weighted by molar-refractivity contribution is 7.12. The van der Waals surface area contributed by atoms with Crippen molar-refractivity contribution in [1.82, 2.24) is 9.80 Å². The summed E-state index contributed by atoms with van der Waals surface area (Å²) in [5.41, 5.74) is 0.635. The number of carbonyl (C=O) groups excluding carboxylic acids is 2. The Morgan fingerprint density at radius 1 is 1.12 bits per heavy atom. The fourth-order valence-electron chi connectivity index (χ4n) is 3.95. The van der Waals surface area contributed by atoms with Gasteiger partial charge in [-0.2, -0.15) is 0 Å². The maximum atomic E-state index is 13.6. The molecule has 1 aromatic carbocycles. The summed E-state index contributed by atoms with van der Waals surface area (Å²) in [7, 11) is 0. The molecular weight excluding hydrogens is 476 g/mol. The molecule has 1 aliphatic heterocycles. The molecule has 1 aliphatic rings. The van der Waals surface area contributed by atoms with Crippen LogP contribution in [-0.4, -0.2) is 46.8 Å². The third-order valence-electron chi connectivity index (χ3n) is 5.72. The molecule has 0 saturated carbocycles. The highest BCUT2D eigenvalue weighted by Crippen LogP contribution is 2.34. The van der Waals surface area contributed by atoms with Crippen LogP contribution >= 0.6 is 34.3 Å². The van der Waals surface area contributed by atoms with Crippen LogP contribution in [-0.2, 0) is 11.2 Å². The van der Waals surface area contributed by atoms with E-state index in [4.69, 9.17) is 16.3 Å². The topological polar surface area (TPSA) is 49.9 Å². The second kappa shape index (κ2) is 9.87. The Morgan fingerprint density at radius 3 is 2.55 bits per heavy atom. The minimum absolute atomic E-state index is 0.0249. The van der Waals surface area contributed by atoms with Crippen LogP contribution < -0.4 is 4.74 Å². The largest absolute Gasteiger partial charge is 0.491 e. The zero-order valence-electron chi connectivity index (χ0n) is 18.9. The van der Waals surface area contributed by atoms with Crippen molar-refractivity contribution in [3.63, 3.8) is 0 Å². The van der Waals surface area contributed by atoms with Gasteiger partial charge in [-0.15, -0.1) is 22.7 Å². The van der Waals surface area contributed by atoms with Gasteiger partial charge in [0.05, 0.1) is 10.9 Å². The standard InChI is InChI=1S/C25H27ClN2O3S2/c1-25(2,3)28(24(30)22-5-4-13-32-22)15-23(29)27-12-10-21-19(11-14-33-21)20(27)16-31-18-8-6-17(26)7-9-18/h4-9,11,13-14,20H,10,12,15-16H2,1-3H3/t20-/m0/s1. The fourth-order valence-corrected chi connectivity index (χ4v) is 5.68.